The molecule has 0 radical (unpaired) electrons. The monoisotopic (exact) mass is 201 g/mol. The van der Waals surface area contributed by atoms with Crippen molar-refractivity contribution in [2.45, 2.75) is 26.8 Å². The molecule has 1 aromatic carbocycles. The molecule has 0 bridgehead atoms. The summed E-state index contributed by atoms with van der Waals surface area (Å²) in [5.41, 5.74) is 4.06. The molecule has 1 atom stereocenters. The number of hydrogen-bond acceptors (Lipinski definition) is 0. The van der Waals surface area contributed by atoms with Gasteiger partial charge in [-0.05, 0) is 31.9 Å². The van der Waals surface area contributed by atoms with Crippen molar-refractivity contribution in [3.8, 4) is 0 Å². The van der Waals surface area contributed by atoms with Crippen LogP contribution in [0.5, 0.6) is 0 Å². The summed E-state index contributed by atoms with van der Waals surface area (Å²) in [6.07, 6.45) is 5.99. The molecule has 2 heteroatoms. The van der Waals surface area contributed by atoms with E-state index in [1.165, 1.54) is 16.7 Å². The van der Waals surface area contributed by atoms with E-state index in [9.17, 15) is 0 Å². The summed E-state index contributed by atoms with van der Waals surface area (Å²) >= 11 is 0. The minimum Gasteiger partial charge on any atom is -0.250 e. The summed E-state index contributed by atoms with van der Waals surface area (Å²) < 4.78 is 2.18. The van der Waals surface area contributed by atoms with E-state index in [1.54, 1.807) is 0 Å². The largest absolute Gasteiger partial charge is 0.250 e. The minimum absolute atomic E-state index is 0.386. The van der Waals surface area contributed by atoms with Crippen LogP contribution in [0.4, 0.5) is 0 Å². The van der Waals surface area contributed by atoms with Gasteiger partial charge >= 0.3 is 0 Å². The number of imidazole rings is 1. The molecular formula is C13H17N2+. The molecule has 2 aromatic rings. The second-order valence-electron chi connectivity index (χ2n) is 4.09. The molecule has 2 nitrogen and oxygen atoms in total. The molecule has 78 valence electrons. The number of aromatic nitrogens is 2. The van der Waals surface area contributed by atoms with Crippen molar-refractivity contribution < 1.29 is 4.57 Å². The highest BCUT2D eigenvalue weighted by Crippen LogP contribution is 2.17. The Morgan fingerprint density at radius 3 is 2.67 bits per heavy atom. The number of H-pyrrole nitrogens is 1. The quantitative estimate of drug-likeness (QED) is 0.720. The van der Waals surface area contributed by atoms with E-state index in [1.807, 2.05) is 12.5 Å². The maximum Gasteiger partial charge on any atom is 0.242 e. The number of rotatable bonds is 2. The molecule has 15 heavy (non-hydrogen) atoms. The average Bonchev–Trinajstić information content (AvgIpc) is 2.69. The summed E-state index contributed by atoms with van der Waals surface area (Å²) in [6.45, 7) is 6.52. The molecular weight excluding hydrogens is 184 g/mol. The molecule has 0 saturated carbocycles. The van der Waals surface area contributed by atoms with E-state index in [-0.39, 0.29) is 0 Å². The first-order valence-corrected chi connectivity index (χ1v) is 5.29. The van der Waals surface area contributed by atoms with Gasteiger partial charge in [-0.15, -0.1) is 0 Å². The van der Waals surface area contributed by atoms with E-state index in [0.29, 0.717) is 6.04 Å². The van der Waals surface area contributed by atoms with Crippen molar-refractivity contribution in [1.29, 1.82) is 0 Å². The molecule has 1 heterocycles. The zero-order valence-electron chi connectivity index (χ0n) is 9.49. The van der Waals surface area contributed by atoms with Gasteiger partial charge < -0.3 is 0 Å². The van der Waals surface area contributed by atoms with Crippen LogP contribution >= 0.6 is 0 Å². The number of nitrogens with one attached hydrogen (secondary N) is 1. The van der Waals surface area contributed by atoms with Crippen LogP contribution in [0.1, 0.15) is 29.7 Å². The Labute approximate surface area is 90.6 Å². The number of aryl methyl sites for hydroxylation is 2. The van der Waals surface area contributed by atoms with Gasteiger partial charge in [0.05, 0.1) is 0 Å². The minimum atomic E-state index is 0.386. The van der Waals surface area contributed by atoms with Gasteiger partial charge in [0.2, 0.25) is 6.33 Å². The number of hydrogen-bond donors (Lipinski definition) is 1. The Kier molecular flexibility index (Phi) is 2.58. The number of nitrogens with zero attached hydrogens (tertiary/aromatic N) is 1. The summed E-state index contributed by atoms with van der Waals surface area (Å²) in [5, 5.41) is 0. The number of aromatic amines is 1. The van der Waals surface area contributed by atoms with Crippen LogP contribution in [0.15, 0.2) is 36.9 Å². The van der Waals surface area contributed by atoms with Crippen molar-refractivity contribution in [2.24, 2.45) is 0 Å². The van der Waals surface area contributed by atoms with Crippen LogP contribution < -0.4 is 4.57 Å². The Bertz CT molecular complexity index is 444. The van der Waals surface area contributed by atoms with Gasteiger partial charge in [-0.25, -0.2) is 4.57 Å². The van der Waals surface area contributed by atoms with Gasteiger partial charge in [0.1, 0.15) is 18.4 Å². The zero-order chi connectivity index (χ0) is 10.8. The molecule has 0 spiro atoms. The first kappa shape index (κ1) is 9.97. The summed E-state index contributed by atoms with van der Waals surface area (Å²) in [7, 11) is 0. The average molecular weight is 201 g/mol. The lowest BCUT2D eigenvalue weighted by molar-refractivity contribution is -0.709. The molecule has 0 aliphatic heterocycles. The maximum atomic E-state index is 3.07. The Morgan fingerprint density at radius 1 is 1.27 bits per heavy atom. The normalized spacial score (nSPS) is 12.7. The van der Waals surface area contributed by atoms with E-state index in [4.69, 9.17) is 0 Å². The highest BCUT2D eigenvalue weighted by molar-refractivity contribution is 5.31. The van der Waals surface area contributed by atoms with Crippen LogP contribution in [0.25, 0.3) is 0 Å². The van der Waals surface area contributed by atoms with Gasteiger partial charge in [-0.2, -0.15) is 0 Å². The Balaban J connectivity index is 2.38. The lowest BCUT2D eigenvalue weighted by Gasteiger charge is -2.12. The molecule has 2 rings (SSSR count). The van der Waals surface area contributed by atoms with E-state index in [0.717, 1.165) is 0 Å². The molecule has 0 aliphatic carbocycles. The Morgan fingerprint density at radius 2 is 2.07 bits per heavy atom. The van der Waals surface area contributed by atoms with E-state index >= 15 is 0 Å². The lowest BCUT2D eigenvalue weighted by Crippen LogP contribution is -2.36. The first-order valence-electron chi connectivity index (χ1n) is 5.29. The fourth-order valence-corrected chi connectivity index (χ4v) is 2.00. The fourth-order valence-electron chi connectivity index (χ4n) is 2.00. The van der Waals surface area contributed by atoms with Crippen LogP contribution in [0.2, 0.25) is 0 Å². The third kappa shape index (κ3) is 1.94. The highest BCUT2D eigenvalue weighted by Gasteiger charge is 2.13. The molecule has 0 saturated heterocycles. The second kappa shape index (κ2) is 3.89. The standard InChI is InChI=1S/C13H16N2/c1-10-4-5-13(11(2)8-10)12(3)15-7-6-14-9-15/h4-9,12H,1-3H3/p+1. The van der Waals surface area contributed by atoms with E-state index in [2.05, 4.69) is 54.7 Å². The number of benzene rings is 1. The smallest absolute Gasteiger partial charge is 0.242 e. The summed E-state index contributed by atoms with van der Waals surface area (Å²) in [4.78, 5) is 3.07. The van der Waals surface area contributed by atoms with E-state index < -0.39 is 0 Å². The second-order valence-corrected chi connectivity index (χ2v) is 4.09. The first-order chi connectivity index (χ1) is 7.18. The molecule has 1 unspecified atom stereocenters. The molecule has 0 amide bonds. The summed E-state index contributed by atoms with van der Waals surface area (Å²) in [6, 6.07) is 7.01. The highest BCUT2D eigenvalue weighted by atomic mass is 15.0. The zero-order valence-corrected chi connectivity index (χ0v) is 9.49. The van der Waals surface area contributed by atoms with Crippen LogP contribution in [-0.2, 0) is 0 Å². The molecule has 1 aromatic heterocycles. The SMILES string of the molecule is Cc1ccc(C(C)[n+]2cc[nH]c2)c(C)c1. The van der Waals surface area contributed by atoms with Crippen molar-refractivity contribution in [3.05, 3.63) is 53.6 Å². The predicted octanol–water partition coefficient (Wildman–Crippen LogP) is 2.53. The lowest BCUT2D eigenvalue weighted by atomic mass is 10.0. The predicted molar refractivity (Wildman–Crippen MR) is 60.7 cm³/mol. The fraction of sp³-hybridized carbons (Fsp3) is 0.308. The third-order valence-electron chi connectivity index (χ3n) is 2.89. The molecule has 0 aliphatic rings. The summed E-state index contributed by atoms with van der Waals surface area (Å²) in [5.74, 6) is 0. The molecule has 0 fully saturated rings. The van der Waals surface area contributed by atoms with Crippen LogP contribution in [-0.4, -0.2) is 4.98 Å². The van der Waals surface area contributed by atoms with Crippen molar-refractivity contribution in [2.75, 3.05) is 0 Å². The van der Waals surface area contributed by atoms with Crippen LogP contribution in [0.3, 0.4) is 0 Å². The van der Waals surface area contributed by atoms with Gasteiger partial charge in [0.25, 0.3) is 0 Å². The van der Waals surface area contributed by atoms with Crippen LogP contribution in [0, 0.1) is 13.8 Å². The molecule has 1 N–H and O–H groups in total. The van der Waals surface area contributed by atoms with Gasteiger partial charge in [-0.1, -0.05) is 23.8 Å². The van der Waals surface area contributed by atoms with Gasteiger partial charge in [0.15, 0.2) is 0 Å². The Hall–Kier alpha value is -1.57. The van der Waals surface area contributed by atoms with Crippen molar-refractivity contribution in [3.63, 3.8) is 0 Å². The third-order valence-corrected chi connectivity index (χ3v) is 2.89. The van der Waals surface area contributed by atoms with Gasteiger partial charge in [0, 0.05) is 0 Å². The van der Waals surface area contributed by atoms with Gasteiger partial charge in [-0.3, -0.25) is 4.98 Å². The topological polar surface area (TPSA) is 19.7 Å². The maximum absolute atomic E-state index is 3.07. The van der Waals surface area contributed by atoms with Crippen molar-refractivity contribution >= 4 is 0 Å². The van der Waals surface area contributed by atoms with Crippen molar-refractivity contribution in [1.82, 2.24) is 4.98 Å².